The monoisotopic (exact) mass is 232 g/mol. The van der Waals surface area contributed by atoms with Crippen molar-refractivity contribution >= 4 is 5.97 Å². The fourth-order valence-corrected chi connectivity index (χ4v) is 2.88. The lowest BCUT2D eigenvalue weighted by molar-refractivity contribution is -0.143. The maximum atomic E-state index is 11.0. The Bertz CT molecular complexity index is 364. The summed E-state index contributed by atoms with van der Waals surface area (Å²) in [7, 11) is 0. The molecule has 1 saturated carbocycles. The number of benzene rings is 1. The normalized spacial score (nSPS) is 26.4. The molecule has 1 aliphatic carbocycles. The van der Waals surface area contributed by atoms with Gasteiger partial charge in [0.2, 0.25) is 0 Å². The van der Waals surface area contributed by atoms with Gasteiger partial charge < -0.3 is 5.11 Å². The van der Waals surface area contributed by atoms with Gasteiger partial charge >= 0.3 is 5.97 Å². The van der Waals surface area contributed by atoms with E-state index in [1.807, 2.05) is 13.0 Å². The van der Waals surface area contributed by atoms with E-state index in [4.69, 9.17) is 5.11 Å². The first-order chi connectivity index (χ1) is 8.18. The van der Waals surface area contributed by atoms with Crippen LogP contribution in [0.3, 0.4) is 0 Å². The zero-order valence-electron chi connectivity index (χ0n) is 10.3. The summed E-state index contributed by atoms with van der Waals surface area (Å²) in [5.74, 6) is 0.167. The Morgan fingerprint density at radius 1 is 1.18 bits per heavy atom. The van der Waals surface area contributed by atoms with E-state index in [1.165, 1.54) is 5.56 Å². The van der Waals surface area contributed by atoms with E-state index in [-0.39, 0.29) is 5.92 Å². The van der Waals surface area contributed by atoms with Gasteiger partial charge in [-0.1, -0.05) is 37.3 Å². The quantitative estimate of drug-likeness (QED) is 0.863. The van der Waals surface area contributed by atoms with Crippen molar-refractivity contribution in [2.75, 3.05) is 0 Å². The van der Waals surface area contributed by atoms with Crippen molar-refractivity contribution in [3.8, 4) is 0 Å². The van der Waals surface area contributed by atoms with Gasteiger partial charge in [-0.15, -0.1) is 0 Å². The molecule has 0 radical (unpaired) electrons. The van der Waals surface area contributed by atoms with Crippen LogP contribution >= 0.6 is 0 Å². The Kier molecular flexibility index (Phi) is 3.82. The molecule has 1 atom stereocenters. The highest BCUT2D eigenvalue weighted by atomic mass is 16.4. The Morgan fingerprint density at radius 3 is 2.29 bits per heavy atom. The van der Waals surface area contributed by atoms with Gasteiger partial charge in [0, 0.05) is 0 Å². The van der Waals surface area contributed by atoms with Gasteiger partial charge in [0.15, 0.2) is 0 Å². The number of hydrogen-bond acceptors (Lipinski definition) is 1. The van der Waals surface area contributed by atoms with Crippen LogP contribution in [-0.4, -0.2) is 11.1 Å². The maximum absolute atomic E-state index is 11.0. The summed E-state index contributed by atoms with van der Waals surface area (Å²) in [6.07, 6.45) is 4.36. The minimum atomic E-state index is -0.645. The molecule has 1 unspecified atom stereocenters. The highest BCUT2D eigenvalue weighted by Crippen LogP contribution is 2.38. The van der Waals surface area contributed by atoms with E-state index in [0.717, 1.165) is 25.7 Å². The van der Waals surface area contributed by atoms with Crippen LogP contribution in [0.25, 0.3) is 0 Å². The van der Waals surface area contributed by atoms with Crippen LogP contribution in [0.2, 0.25) is 0 Å². The lowest BCUT2D eigenvalue weighted by Crippen LogP contribution is -2.24. The highest BCUT2D eigenvalue weighted by Gasteiger charge is 2.29. The molecular weight excluding hydrogens is 212 g/mol. The summed E-state index contributed by atoms with van der Waals surface area (Å²) >= 11 is 0. The van der Waals surface area contributed by atoms with Gasteiger partial charge in [-0.25, -0.2) is 0 Å². The molecule has 1 fully saturated rings. The van der Waals surface area contributed by atoms with E-state index in [9.17, 15) is 4.79 Å². The van der Waals surface area contributed by atoms with Crippen LogP contribution in [0.1, 0.15) is 44.1 Å². The Morgan fingerprint density at radius 2 is 1.76 bits per heavy atom. The average Bonchev–Trinajstić information content (AvgIpc) is 2.39. The zero-order valence-corrected chi connectivity index (χ0v) is 10.3. The van der Waals surface area contributed by atoms with Crippen molar-refractivity contribution in [1.82, 2.24) is 0 Å². The minimum Gasteiger partial charge on any atom is -0.481 e. The van der Waals surface area contributed by atoms with Crippen molar-refractivity contribution in [1.29, 1.82) is 0 Å². The summed E-state index contributed by atoms with van der Waals surface area (Å²) in [4.78, 5) is 11.0. The third kappa shape index (κ3) is 2.87. The molecule has 92 valence electrons. The molecule has 2 heteroatoms. The number of hydrogen-bond donors (Lipinski definition) is 1. The van der Waals surface area contributed by atoms with Crippen molar-refractivity contribution in [3.05, 3.63) is 35.9 Å². The van der Waals surface area contributed by atoms with Crippen LogP contribution in [0.15, 0.2) is 30.3 Å². The maximum Gasteiger partial charge on any atom is 0.306 e. The molecule has 1 aromatic rings. The molecule has 0 amide bonds. The van der Waals surface area contributed by atoms with Crippen molar-refractivity contribution < 1.29 is 9.90 Å². The molecule has 1 aliphatic rings. The fraction of sp³-hybridized carbons (Fsp3) is 0.533. The Labute approximate surface area is 103 Å². The predicted octanol–water partition coefficient (Wildman–Crippen LogP) is 3.68. The topological polar surface area (TPSA) is 37.3 Å². The number of carbonyl (C=O) groups is 1. The van der Waals surface area contributed by atoms with Crippen molar-refractivity contribution in [2.45, 2.75) is 38.5 Å². The molecule has 0 aromatic heterocycles. The first-order valence-electron chi connectivity index (χ1n) is 6.46. The number of carboxylic acid groups (broad SMARTS) is 1. The van der Waals surface area contributed by atoms with Crippen LogP contribution < -0.4 is 0 Å². The predicted molar refractivity (Wildman–Crippen MR) is 67.9 cm³/mol. The molecule has 2 rings (SSSR count). The van der Waals surface area contributed by atoms with Crippen LogP contribution in [0.4, 0.5) is 0 Å². The van der Waals surface area contributed by atoms with E-state index in [1.54, 1.807) is 0 Å². The van der Waals surface area contributed by atoms with Crippen LogP contribution in [0, 0.1) is 11.8 Å². The van der Waals surface area contributed by atoms with E-state index in [2.05, 4.69) is 24.3 Å². The second kappa shape index (κ2) is 5.35. The van der Waals surface area contributed by atoms with Crippen molar-refractivity contribution in [3.63, 3.8) is 0 Å². The van der Waals surface area contributed by atoms with Gasteiger partial charge in [0.05, 0.1) is 5.92 Å². The molecule has 17 heavy (non-hydrogen) atoms. The summed E-state index contributed by atoms with van der Waals surface area (Å²) < 4.78 is 0. The molecule has 0 spiro atoms. The lowest BCUT2D eigenvalue weighted by Gasteiger charge is -2.30. The summed E-state index contributed by atoms with van der Waals surface area (Å²) in [5, 5.41) is 9.02. The van der Waals surface area contributed by atoms with Gasteiger partial charge in [-0.3, -0.25) is 4.79 Å². The second-order valence-corrected chi connectivity index (χ2v) is 5.15. The molecule has 0 aliphatic heterocycles. The van der Waals surface area contributed by atoms with E-state index < -0.39 is 5.97 Å². The molecular formula is C15H20O2. The molecule has 0 saturated heterocycles. The third-order valence-corrected chi connectivity index (χ3v) is 4.14. The van der Waals surface area contributed by atoms with Gasteiger partial charge in [0.1, 0.15) is 0 Å². The first-order valence-corrected chi connectivity index (χ1v) is 6.46. The smallest absolute Gasteiger partial charge is 0.306 e. The molecule has 2 nitrogen and oxygen atoms in total. The standard InChI is InChI=1S/C15H20O2/c1-11(15(16)17)12-7-9-14(10-8-12)13-5-3-2-4-6-13/h2-6,11-12,14H,7-10H2,1H3,(H,16,17)/t11?,12-,14-. The summed E-state index contributed by atoms with van der Waals surface area (Å²) in [6, 6.07) is 10.6. The Hall–Kier alpha value is -1.31. The second-order valence-electron chi connectivity index (χ2n) is 5.15. The largest absolute Gasteiger partial charge is 0.481 e. The SMILES string of the molecule is CC(C(=O)O)[C@H]1CC[C@H](c2ccccc2)CC1. The number of rotatable bonds is 3. The van der Waals surface area contributed by atoms with E-state index >= 15 is 0 Å². The minimum absolute atomic E-state index is 0.188. The number of carboxylic acids is 1. The molecule has 1 aromatic carbocycles. The highest BCUT2D eigenvalue weighted by molar-refractivity contribution is 5.69. The Balaban J connectivity index is 1.93. The first kappa shape index (κ1) is 12.2. The fourth-order valence-electron chi connectivity index (χ4n) is 2.88. The lowest BCUT2D eigenvalue weighted by atomic mass is 9.74. The van der Waals surface area contributed by atoms with Gasteiger partial charge in [-0.2, -0.15) is 0 Å². The summed E-state index contributed by atoms with van der Waals surface area (Å²) in [5.41, 5.74) is 1.41. The third-order valence-electron chi connectivity index (χ3n) is 4.14. The van der Waals surface area contributed by atoms with Gasteiger partial charge in [0.25, 0.3) is 0 Å². The van der Waals surface area contributed by atoms with Crippen molar-refractivity contribution in [2.24, 2.45) is 11.8 Å². The van der Waals surface area contributed by atoms with Crippen LogP contribution in [0.5, 0.6) is 0 Å². The summed E-state index contributed by atoms with van der Waals surface area (Å²) in [6.45, 7) is 1.84. The molecule has 0 bridgehead atoms. The molecule has 0 heterocycles. The van der Waals surface area contributed by atoms with Gasteiger partial charge in [-0.05, 0) is 43.1 Å². The zero-order chi connectivity index (χ0) is 12.3. The molecule has 1 N–H and O–H groups in total. The van der Waals surface area contributed by atoms with E-state index in [0.29, 0.717) is 11.8 Å². The number of aliphatic carboxylic acids is 1. The van der Waals surface area contributed by atoms with Crippen LogP contribution in [-0.2, 0) is 4.79 Å². The average molecular weight is 232 g/mol.